The lowest BCUT2D eigenvalue weighted by atomic mass is 9.76. The molecule has 0 aliphatic heterocycles. The second kappa shape index (κ2) is 6.15. The zero-order valence-corrected chi connectivity index (χ0v) is 13.5. The number of amides is 1. The number of hydrogen-bond acceptors (Lipinski definition) is 2. The standard InChI is InChI=1S/C16H29NO3/c1-11-6-8-16(9-7-11,14(19)20)17-13(18)10-12(2)15(3,4)5/h11-12H,6-10H2,1-5H3,(H,17,18)(H,19,20). The Balaban J connectivity index is 2.68. The first kappa shape index (κ1) is 17.0. The Bertz CT molecular complexity index is 362. The largest absolute Gasteiger partial charge is 0.480 e. The minimum absolute atomic E-state index is 0.0504. The molecule has 0 heterocycles. The smallest absolute Gasteiger partial charge is 0.329 e. The van der Waals surface area contributed by atoms with Crippen LogP contribution in [0.1, 0.15) is 66.7 Å². The van der Waals surface area contributed by atoms with E-state index in [1.54, 1.807) is 0 Å². The number of hydrogen-bond donors (Lipinski definition) is 2. The molecule has 1 unspecified atom stereocenters. The van der Waals surface area contributed by atoms with Crippen molar-refractivity contribution < 1.29 is 14.7 Å². The average Bonchev–Trinajstić information content (AvgIpc) is 2.30. The maximum atomic E-state index is 12.2. The van der Waals surface area contributed by atoms with Gasteiger partial charge in [0.05, 0.1) is 0 Å². The van der Waals surface area contributed by atoms with Crippen LogP contribution in [-0.2, 0) is 9.59 Å². The first-order valence-electron chi connectivity index (χ1n) is 7.61. The van der Waals surface area contributed by atoms with Crippen LogP contribution in [0.2, 0.25) is 0 Å². The number of carboxylic acids is 1. The number of nitrogens with one attached hydrogen (secondary N) is 1. The summed E-state index contributed by atoms with van der Waals surface area (Å²) in [5.41, 5.74) is -0.990. The Morgan fingerprint density at radius 3 is 2.20 bits per heavy atom. The fourth-order valence-corrected chi connectivity index (χ4v) is 2.55. The lowest BCUT2D eigenvalue weighted by Crippen LogP contribution is -2.56. The summed E-state index contributed by atoms with van der Waals surface area (Å²) in [4.78, 5) is 23.8. The number of carbonyl (C=O) groups is 2. The van der Waals surface area contributed by atoms with Crippen molar-refractivity contribution >= 4 is 11.9 Å². The van der Waals surface area contributed by atoms with Gasteiger partial charge in [0, 0.05) is 6.42 Å². The second-order valence-corrected chi connectivity index (χ2v) is 7.59. The quantitative estimate of drug-likeness (QED) is 0.832. The summed E-state index contributed by atoms with van der Waals surface area (Å²) in [5.74, 6) is -0.255. The van der Waals surface area contributed by atoms with Gasteiger partial charge < -0.3 is 10.4 Å². The third kappa shape index (κ3) is 4.22. The van der Waals surface area contributed by atoms with Crippen LogP contribution >= 0.6 is 0 Å². The molecule has 1 fully saturated rings. The summed E-state index contributed by atoms with van der Waals surface area (Å²) in [6.45, 7) is 10.5. The molecule has 2 N–H and O–H groups in total. The van der Waals surface area contributed by atoms with Gasteiger partial charge in [0.1, 0.15) is 5.54 Å². The molecule has 0 aromatic carbocycles. The molecule has 1 aliphatic carbocycles. The van der Waals surface area contributed by atoms with E-state index in [-0.39, 0.29) is 17.2 Å². The van der Waals surface area contributed by atoms with E-state index in [1.165, 1.54) is 0 Å². The lowest BCUT2D eigenvalue weighted by Gasteiger charge is -2.37. The van der Waals surface area contributed by atoms with Crippen LogP contribution in [0.3, 0.4) is 0 Å². The Labute approximate surface area is 122 Å². The summed E-state index contributed by atoms with van der Waals surface area (Å²) in [6.07, 6.45) is 3.19. The van der Waals surface area contributed by atoms with Gasteiger partial charge in [-0.15, -0.1) is 0 Å². The van der Waals surface area contributed by atoms with E-state index >= 15 is 0 Å². The van der Waals surface area contributed by atoms with Crippen molar-refractivity contribution in [3.63, 3.8) is 0 Å². The molecular formula is C16H29NO3. The number of carboxylic acid groups (broad SMARTS) is 1. The topological polar surface area (TPSA) is 66.4 Å². The van der Waals surface area contributed by atoms with Crippen molar-refractivity contribution in [3.8, 4) is 0 Å². The van der Waals surface area contributed by atoms with Crippen LogP contribution in [0, 0.1) is 17.3 Å². The fourth-order valence-electron chi connectivity index (χ4n) is 2.55. The molecule has 1 rings (SSSR count). The van der Waals surface area contributed by atoms with Crippen LogP contribution in [-0.4, -0.2) is 22.5 Å². The maximum Gasteiger partial charge on any atom is 0.329 e. The van der Waals surface area contributed by atoms with Gasteiger partial charge in [0.15, 0.2) is 0 Å². The molecule has 1 amide bonds. The van der Waals surface area contributed by atoms with Gasteiger partial charge in [-0.05, 0) is 42.9 Å². The third-order valence-electron chi connectivity index (χ3n) is 4.89. The summed E-state index contributed by atoms with van der Waals surface area (Å²) in [7, 11) is 0. The molecule has 1 atom stereocenters. The van der Waals surface area contributed by atoms with Crippen LogP contribution in [0.4, 0.5) is 0 Å². The fraction of sp³-hybridized carbons (Fsp3) is 0.875. The van der Waals surface area contributed by atoms with Gasteiger partial charge in [-0.1, -0.05) is 34.6 Å². The molecule has 0 radical (unpaired) electrons. The summed E-state index contributed by atoms with van der Waals surface area (Å²) < 4.78 is 0. The van der Waals surface area contributed by atoms with Gasteiger partial charge in [-0.3, -0.25) is 4.79 Å². The minimum atomic E-state index is -1.04. The van der Waals surface area contributed by atoms with Crippen molar-refractivity contribution in [2.45, 2.75) is 72.3 Å². The van der Waals surface area contributed by atoms with E-state index in [9.17, 15) is 14.7 Å². The zero-order valence-electron chi connectivity index (χ0n) is 13.5. The summed E-state index contributed by atoms with van der Waals surface area (Å²) in [5, 5.41) is 12.3. The normalized spacial score (nSPS) is 28.8. The highest BCUT2D eigenvalue weighted by atomic mass is 16.4. The van der Waals surface area contributed by atoms with Crippen LogP contribution in [0.15, 0.2) is 0 Å². The predicted octanol–water partition coefficient (Wildman–Crippen LogP) is 3.21. The van der Waals surface area contributed by atoms with E-state index in [1.807, 2.05) is 6.92 Å². The molecule has 1 saturated carbocycles. The molecule has 0 aromatic rings. The maximum absolute atomic E-state index is 12.2. The summed E-state index contributed by atoms with van der Waals surface area (Å²) in [6, 6.07) is 0. The molecule has 0 bridgehead atoms. The van der Waals surface area contributed by atoms with E-state index in [2.05, 4.69) is 33.0 Å². The average molecular weight is 283 g/mol. The van der Waals surface area contributed by atoms with Crippen molar-refractivity contribution in [2.24, 2.45) is 17.3 Å². The van der Waals surface area contributed by atoms with Gasteiger partial charge in [0.25, 0.3) is 0 Å². The molecule has 1 aliphatic rings. The van der Waals surface area contributed by atoms with E-state index < -0.39 is 11.5 Å². The van der Waals surface area contributed by atoms with Crippen molar-refractivity contribution in [1.82, 2.24) is 5.32 Å². The van der Waals surface area contributed by atoms with Crippen LogP contribution in [0.25, 0.3) is 0 Å². The van der Waals surface area contributed by atoms with E-state index in [0.717, 1.165) is 12.8 Å². The molecule has 0 saturated heterocycles. The Morgan fingerprint density at radius 1 is 1.30 bits per heavy atom. The monoisotopic (exact) mass is 283 g/mol. The van der Waals surface area contributed by atoms with E-state index in [4.69, 9.17) is 0 Å². The van der Waals surface area contributed by atoms with E-state index in [0.29, 0.717) is 25.2 Å². The zero-order chi connectivity index (χ0) is 15.6. The lowest BCUT2D eigenvalue weighted by molar-refractivity contribution is -0.150. The van der Waals surface area contributed by atoms with Gasteiger partial charge in [-0.2, -0.15) is 0 Å². The minimum Gasteiger partial charge on any atom is -0.480 e. The van der Waals surface area contributed by atoms with Crippen molar-refractivity contribution in [2.75, 3.05) is 0 Å². The van der Waals surface area contributed by atoms with Crippen molar-refractivity contribution in [1.29, 1.82) is 0 Å². The number of aliphatic carboxylic acids is 1. The Hall–Kier alpha value is -1.06. The highest BCUT2D eigenvalue weighted by Crippen LogP contribution is 2.33. The molecular weight excluding hydrogens is 254 g/mol. The highest BCUT2D eigenvalue weighted by molar-refractivity contribution is 5.87. The molecule has 4 nitrogen and oxygen atoms in total. The van der Waals surface area contributed by atoms with Crippen LogP contribution < -0.4 is 5.32 Å². The first-order chi connectivity index (χ1) is 9.07. The SMILES string of the molecule is CC1CCC(NC(=O)CC(C)C(C)(C)C)(C(=O)O)CC1. The number of carbonyl (C=O) groups excluding carboxylic acids is 1. The summed E-state index contributed by atoms with van der Waals surface area (Å²) >= 11 is 0. The molecule has 116 valence electrons. The molecule has 4 heteroatoms. The molecule has 0 aromatic heterocycles. The van der Waals surface area contributed by atoms with Gasteiger partial charge >= 0.3 is 5.97 Å². The number of rotatable bonds is 4. The third-order valence-corrected chi connectivity index (χ3v) is 4.89. The second-order valence-electron chi connectivity index (χ2n) is 7.59. The highest BCUT2D eigenvalue weighted by Gasteiger charge is 2.42. The van der Waals surface area contributed by atoms with Crippen molar-refractivity contribution in [3.05, 3.63) is 0 Å². The first-order valence-corrected chi connectivity index (χ1v) is 7.61. The molecule has 0 spiro atoms. The predicted molar refractivity (Wildman–Crippen MR) is 79.4 cm³/mol. The Morgan fingerprint density at radius 2 is 1.80 bits per heavy atom. The molecule has 20 heavy (non-hydrogen) atoms. The van der Waals surface area contributed by atoms with Gasteiger partial charge in [-0.25, -0.2) is 4.79 Å². The van der Waals surface area contributed by atoms with Crippen LogP contribution in [0.5, 0.6) is 0 Å². The Kier molecular flexibility index (Phi) is 5.22. The van der Waals surface area contributed by atoms with Gasteiger partial charge in [0.2, 0.25) is 5.91 Å².